The van der Waals surface area contributed by atoms with Crippen molar-refractivity contribution in [1.82, 2.24) is 10.4 Å². The predicted molar refractivity (Wildman–Crippen MR) is 120 cm³/mol. The van der Waals surface area contributed by atoms with Gasteiger partial charge < -0.3 is 4.74 Å². The third-order valence-corrected chi connectivity index (χ3v) is 6.00. The number of fused-ring (bicyclic) bond motifs is 1. The second-order valence-electron chi connectivity index (χ2n) is 9.21. The molecule has 0 saturated carbocycles. The Labute approximate surface area is 188 Å². The number of nitrogens with one attached hydrogen (secondary N) is 1. The lowest BCUT2D eigenvalue weighted by atomic mass is 9.93. The van der Waals surface area contributed by atoms with Gasteiger partial charge in [-0.25, -0.2) is 5.01 Å². The summed E-state index contributed by atoms with van der Waals surface area (Å²) in [7, 11) is 0. The van der Waals surface area contributed by atoms with E-state index in [2.05, 4.69) is 12.3 Å². The van der Waals surface area contributed by atoms with Crippen molar-refractivity contribution in [1.29, 1.82) is 0 Å². The van der Waals surface area contributed by atoms with Crippen LogP contribution in [-0.4, -0.2) is 30.2 Å². The molecule has 1 unspecified atom stereocenters. The zero-order valence-electron chi connectivity index (χ0n) is 19.1. The van der Waals surface area contributed by atoms with Crippen LogP contribution in [-0.2, 0) is 4.79 Å². The Morgan fingerprint density at radius 1 is 1.06 bits per heavy atom. The Morgan fingerprint density at radius 2 is 1.72 bits per heavy atom. The van der Waals surface area contributed by atoms with Crippen LogP contribution in [0.1, 0.15) is 70.9 Å². The lowest BCUT2D eigenvalue weighted by Crippen LogP contribution is -2.43. The third kappa shape index (κ3) is 5.55. The summed E-state index contributed by atoms with van der Waals surface area (Å²) in [5.41, 5.74) is 1.64. The van der Waals surface area contributed by atoms with E-state index in [1.807, 2.05) is 0 Å². The van der Waals surface area contributed by atoms with Gasteiger partial charge in [0.15, 0.2) is 6.04 Å². The largest absolute Gasteiger partial charge is 0.493 e. The van der Waals surface area contributed by atoms with Gasteiger partial charge in [-0.1, -0.05) is 69.4 Å². The van der Waals surface area contributed by atoms with Crippen LogP contribution in [0.15, 0.2) is 36.4 Å². The third-order valence-electron chi connectivity index (χ3n) is 6.00. The highest BCUT2D eigenvalue weighted by atomic mass is 19.4. The second-order valence-corrected chi connectivity index (χ2v) is 9.21. The molecule has 0 spiro atoms. The van der Waals surface area contributed by atoms with Crippen molar-refractivity contribution in [3.63, 3.8) is 0 Å². The Morgan fingerprint density at radius 3 is 2.34 bits per heavy atom. The molecule has 0 bridgehead atoms. The number of ether oxygens (including phenoxy) is 1. The first-order valence-corrected chi connectivity index (χ1v) is 11.4. The maximum absolute atomic E-state index is 14.3. The van der Waals surface area contributed by atoms with E-state index in [1.165, 1.54) is 25.3 Å². The summed E-state index contributed by atoms with van der Waals surface area (Å²) in [4.78, 5) is 12.2. The molecule has 0 radical (unpaired) electrons. The monoisotopic (exact) mass is 450 g/mol. The first kappa shape index (κ1) is 24.4. The van der Waals surface area contributed by atoms with Crippen LogP contribution in [0.3, 0.4) is 0 Å². The van der Waals surface area contributed by atoms with E-state index in [-0.39, 0.29) is 12.1 Å². The number of nitrogens with zero attached hydrogens (tertiary/aromatic N) is 1. The fourth-order valence-electron chi connectivity index (χ4n) is 4.24. The summed E-state index contributed by atoms with van der Waals surface area (Å²) in [6.07, 6.45) is 2.06. The molecule has 1 saturated heterocycles. The van der Waals surface area contributed by atoms with Gasteiger partial charge in [-0.15, -0.1) is 0 Å². The maximum Gasteiger partial charge on any atom is 0.409 e. The molecule has 1 heterocycles. The number of benzene rings is 2. The predicted octanol–water partition coefficient (Wildman–Crippen LogP) is 6.56. The number of halogens is 3. The summed E-state index contributed by atoms with van der Waals surface area (Å²) >= 11 is 0. The van der Waals surface area contributed by atoms with Gasteiger partial charge in [0.05, 0.1) is 12.0 Å². The maximum atomic E-state index is 14.3. The van der Waals surface area contributed by atoms with Crippen molar-refractivity contribution in [3.8, 4) is 5.75 Å². The molecule has 2 aromatic carbocycles. The Kier molecular flexibility index (Phi) is 7.70. The second kappa shape index (κ2) is 10.1. The Balaban J connectivity index is 1.89. The zero-order chi connectivity index (χ0) is 23.4. The molecule has 7 heteroatoms. The molecule has 32 heavy (non-hydrogen) atoms. The molecule has 1 fully saturated rings. The van der Waals surface area contributed by atoms with Crippen molar-refractivity contribution in [3.05, 3.63) is 42.0 Å². The summed E-state index contributed by atoms with van der Waals surface area (Å²) < 4.78 is 48.9. The van der Waals surface area contributed by atoms with Crippen LogP contribution < -0.4 is 10.2 Å². The molecule has 1 N–H and O–H groups in total. The number of amides is 1. The number of hydrazine groups is 1. The standard InChI is InChI=1S/C25H33F3N2O2/c1-4-5-6-7-8-9-16-32-20-15-11-13-18-12-10-14-19(21(18)20)22(25(26,27)28)30-17-24(2,3)23(31)29-30/h10-15,22H,4-9,16-17H2,1-3H3,(H,29,31). The molecule has 1 atom stereocenters. The highest BCUT2D eigenvalue weighted by molar-refractivity contribution is 5.92. The van der Waals surface area contributed by atoms with Gasteiger partial charge in [0, 0.05) is 11.9 Å². The number of carbonyl (C=O) groups excluding carboxylic acids is 1. The molecule has 4 nitrogen and oxygen atoms in total. The minimum absolute atomic E-state index is 0.0345. The summed E-state index contributed by atoms with van der Waals surface area (Å²) in [5, 5.41) is 2.14. The highest BCUT2D eigenvalue weighted by Crippen LogP contribution is 2.44. The van der Waals surface area contributed by atoms with Crippen LogP contribution >= 0.6 is 0 Å². The Hall–Kier alpha value is -2.28. The van der Waals surface area contributed by atoms with E-state index < -0.39 is 23.5 Å². The van der Waals surface area contributed by atoms with Crippen molar-refractivity contribution in [2.45, 2.75) is 71.5 Å². The van der Waals surface area contributed by atoms with Gasteiger partial charge in [0.25, 0.3) is 0 Å². The minimum atomic E-state index is -4.58. The van der Waals surface area contributed by atoms with E-state index in [4.69, 9.17) is 4.74 Å². The van der Waals surface area contributed by atoms with E-state index >= 15 is 0 Å². The Bertz CT molecular complexity index is 922. The summed E-state index contributed by atoms with van der Waals surface area (Å²) in [6.45, 7) is 5.89. The van der Waals surface area contributed by atoms with Gasteiger partial charge in [0.1, 0.15) is 5.75 Å². The molecule has 1 aliphatic rings. The molecule has 0 aromatic heterocycles. The molecule has 176 valence electrons. The van der Waals surface area contributed by atoms with Crippen LogP contribution in [0.4, 0.5) is 13.2 Å². The quantitative estimate of drug-likeness (QED) is 0.417. The number of carbonyl (C=O) groups is 1. The van der Waals surface area contributed by atoms with Gasteiger partial charge in [0.2, 0.25) is 5.91 Å². The SMILES string of the molecule is CCCCCCCCOc1cccc2cccc(C(N3CC(C)(C)C(=O)N3)C(F)(F)F)c12. The van der Waals surface area contributed by atoms with E-state index in [1.54, 1.807) is 44.2 Å². The first-order chi connectivity index (χ1) is 15.1. The fourth-order valence-corrected chi connectivity index (χ4v) is 4.24. The zero-order valence-corrected chi connectivity index (χ0v) is 19.1. The van der Waals surface area contributed by atoms with Crippen molar-refractivity contribution in [2.75, 3.05) is 13.2 Å². The van der Waals surface area contributed by atoms with Gasteiger partial charge >= 0.3 is 6.18 Å². The van der Waals surface area contributed by atoms with Crippen LogP contribution in [0.5, 0.6) is 5.75 Å². The van der Waals surface area contributed by atoms with Crippen LogP contribution in [0.2, 0.25) is 0 Å². The molecular weight excluding hydrogens is 417 g/mol. The molecule has 1 amide bonds. The number of hydrogen-bond donors (Lipinski definition) is 1. The topological polar surface area (TPSA) is 41.6 Å². The number of alkyl halides is 3. The van der Waals surface area contributed by atoms with E-state index in [9.17, 15) is 18.0 Å². The normalized spacial score (nSPS) is 17.5. The molecule has 3 rings (SSSR count). The smallest absolute Gasteiger partial charge is 0.409 e. The first-order valence-electron chi connectivity index (χ1n) is 11.4. The fraction of sp³-hybridized carbons (Fsp3) is 0.560. The molecular formula is C25H33F3N2O2. The summed E-state index contributed by atoms with van der Waals surface area (Å²) in [6, 6.07) is 8.24. The average Bonchev–Trinajstić information content (AvgIpc) is 2.98. The molecule has 1 aliphatic heterocycles. The summed E-state index contributed by atoms with van der Waals surface area (Å²) in [5.74, 6) is 0.0391. The van der Waals surface area contributed by atoms with Crippen LogP contribution in [0, 0.1) is 5.41 Å². The van der Waals surface area contributed by atoms with Crippen molar-refractivity contribution >= 4 is 16.7 Å². The minimum Gasteiger partial charge on any atom is -0.493 e. The lowest BCUT2D eigenvalue weighted by molar-refractivity contribution is -0.191. The van der Waals surface area contributed by atoms with E-state index in [0.717, 1.165) is 24.3 Å². The van der Waals surface area contributed by atoms with Gasteiger partial charge in [-0.05, 0) is 37.3 Å². The number of hydrogen-bond acceptors (Lipinski definition) is 3. The highest BCUT2D eigenvalue weighted by Gasteiger charge is 2.51. The average molecular weight is 451 g/mol. The number of rotatable bonds is 10. The van der Waals surface area contributed by atoms with E-state index in [0.29, 0.717) is 23.1 Å². The van der Waals surface area contributed by atoms with Crippen LogP contribution in [0.25, 0.3) is 10.8 Å². The van der Waals surface area contributed by atoms with Gasteiger partial charge in [-0.3, -0.25) is 10.2 Å². The van der Waals surface area contributed by atoms with Crippen molar-refractivity contribution in [2.24, 2.45) is 5.41 Å². The number of unbranched alkanes of at least 4 members (excludes halogenated alkanes) is 5. The molecule has 2 aromatic rings. The molecule has 0 aliphatic carbocycles. The lowest BCUT2D eigenvalue weighted by Gasteiger charge is -2.31. The van der Waals surface area contributed by atoms with Crippen molar-refractivity contribution < 1.29 is 22.7 Å². The van der Waals surface area contributed by atoms with Gasteiger partial charge in [-0.2, -0.15) is 13.2 Å².